The molecule has 19 heavy (non-hydrogen) atoms. The summed E-state index contributed by atoms with van der Waals surface area (Å²) >= 11 is 0. The van der Waals surface area contributed by atoms with Crippen LogP contribution in [-0.4, -0.2) is 37.7 Å². The fourth-order valence-corrected chi connectivity index (χ4v) is 3.02. The minimum atomic E-state index is -3.52. The number of carboxylic acid groups (broad SMARTS) is 1. The standard InChI is InChI=1S/C11H20N2O5S/c1-7-5-8(9(6-7)11(15)16)10(14)13-3-2-4-19(12,17)18/h7-9H,2-6H2,1H3,(H,13,14)(H,15,16)(H2,12,17,18)/t7?,8-,9+/m0/s1. The number of nitrogens with one attached hydrogen (secondary N) is 1. The van der Waals surface area contributed by atoms with E-state index in [-0.39, 0.29) is 30.5 Å². The summed E-state index contributed by atoms with van der Waals surface area (Å²) < 4.78 is 21.4. The first-order valence-corrected chi connectivity index (χ1v) is 7.93. The number of sulfonamides is 1. The number of carbonyl (C=O) groups excluding carboxylic acids is 1. The van der Waals surface area contributed by atoms with Crippen molar-refractivity contribution in [3.63, 3.8) is 0 Å². The monoisotopic (exact) mass is 292 g/mol. The van der Waals surface area contributed by atoms with Gasteiger partial charge >= 0.3 is 5.97 Å². The van der Waals surface area contributed by atoms with E-state index in [9.17, 15) is 18.0 Å². The molecule has 0 aromatic carbocycles. The van der Waals surface area contributed by atoms with E-state index in [1.165, 1.54) is 0 Å². The van der Waals surface area contributed by atoms with Gasteiger partial charge in [0, 0.05) is 6.54 Å². The van der Waals surface area contributed by atoms with Gasteiger partial charge in [0.05, 0.1) is 17.6 Å². The second kappa shape index (κ2) is 6.33. The maximum absolute atomic E-state index is 11.9. The molecular weight excluding hydrogens is 272 g/mol. The van der Waals surface area contributed by atoms with Crippen molar-refractivity contribution in [2.45, 2.75) is 26.2 Å². The van der Waals surface area contributed by atoms with Crippen molar-refractivity contribution in [2.75, 3.05) is 12.3 Å². The van der Waals surface area contributed by atoms with Gasteiger partial charge in [0.15, 0.2) is 0 Å². The van der Waals surface area contributed by atoms with Crippen LogP contribution in [0.5, 0.6) is 0 Å². The van der Waals surface area contributed by atoms with E-state index in [1.54, 1.807) is 0 Å². The van der Waals surface area contributed by atoms with Crippen LogP contribution in [-0.2, 0) is 19.6 Å². The Labute approximate surface area is 112 Å². The zero-order valence-electron chi connectivity index (χ0n) is 10.8. The summed E-state index contributed by atoms with van der Waals surface area (Å²) in [7, 11) is -3.52. The molecule has 1 saturated carbocycles. The Hall–Kier alpha value is -1.15. The summed E-state index contributed by atoms with van der Waals surface area (Å²) in [6, 6.07) is 0. The van der Waals surface area contributed by atoms with Crippen molar-refractivity contribution in [2.24, 2.45) is 22.9 Å². The third-order valence-electron chi connectivity index (χ3n) is 3.36. The molecule has 1 aliphatic carbocycles. The summed E-state index contributed by atoms with van der Waals surface area (Å²) in [6.07, 6.45) is 1.28. The van der Waals surface area contributed by atoms with Gasteiger partial charge < -0.3 is 10.4 Å². The maximum atomic E-state index is 11.9. The number of nitrogens with two attached hydrogens (primary N) is 1. The lowest BCUT2D eigenvalue weighted by Gasteiger charge is -2.15. The number of aliphatic carboxylic acids is 1. The number of primary sulfonamides is 1. The SMILES string of the molecule is CC1C[C@H](C(=O)NCCCS(N)(=O)=O)[C@H](C(=O)O)C1. The molecule has 1 aliphatic rings. The van der Waals surface area contributed by atoms with Gasteiger partial charge in [0.2, 0.25) is 15.9 Å². The Balaban J connectivity index is 2.42. The number of hydrogen-bond donors (Lipinski definition) is 3. The smallest absolute Gasteiger partial charge is 0.307 e. The van der Waals surface area contributed by atoms with Crippen molar-refractivity contribution < 1.29 is 23.1 Å². The first-order valence-electron chi connectivity index (χ1n) is 6.21. The van der Waals surface area contributed by atoms with Crippen molar-refractivity contribution in [3.05, 3.63) is 0 Å². The molecule has 1 amide bonds. The Morgan fingerprint density at radius 2 is 1.89 bits per heavy atom. The molecule has 0 spiro atoms. The van der Waals surface area contributed by atoms with Crippen LogP contribution in [0.1, 0.15) is 26.2 Å². The zero-order valence-corrected chi connectivity index (χ0v) is 11.6. The van der Waals surface area contributed by atoms with Crippen LogP contribution in [0.4, 0.5) is 0 Å². The van der Waals surface area contributed by atoms with E-state index < -0.39 is 27.8 Å². The lowest BCUT2D eigenvalue weighted by molar-refractivity contribution is -0.146. The topological polar surface area (TPSA) is 127 Å². The Kier molecular flexibility index (Phi) is 5.30. The number of hydrogen-bond acceptors (Lipinski definition) is 4. The average molecular weight is 292 g/mol. The lowest BCUT2D eigenvalue weighted by Crippen LogP contribution is -2.36. The van der Waals surface area contributed by atoms with Crippen molar-refractivity contribution >= 4 is 21.9 Å². The van der Waals surface area contributed by atoms with E-state index in [4.69, 9.17) is 10.2 Å². The minimum Gasteiger partial charge on any atom is -0.481 e. The van der Waals surface area contributed by atoms with Gasteiger partial charge in [-0.05, 0) is 25.2 Å². The predicted octanol–water partition coefficient (Wildman–Crippen LogP) is -0.472. The fraction of sp³-hybridized carbons (Fsp3) is 0.818. The van der Waals surface area contributed by atoms with Gasteiger partial charge in [-0.15, -0.1) is 0 Å². The van der Waals surface area contributed by atoms with E-state index in [0.29, 0.717) is 12.8 Å². The number of carbonyl (C=O) groups is 2. The molecule has 0 aromatic rings. The summed E-state index contributed by atoms with van der Waals surface area (Å²) in [5.41, 5.74) is 0. The molecule has 1 unspecified atom stereocenters. The molecule has 7 nitrogen and oxygen atoms in total. The van der Waals surface area contributed by atoms with Crippen LogP contribution < -0.4 is 10.5 Å². The average Bonchev–Trinajstić information content (AvgIpc) is 2.65. The normalized spacial score (nSPS) is 27.2. The highest BCUT2D eigenvalue weighted by Gasteiger charge is 2.40. The van der Waals surface area contributed by atoms with Crippen LogP contribution in [0, 0.1) is 17.8 Å². The van der Waals surface area contributed by atoms with Crippen molar-refractivity contribution in [1.82, 2.24) is 5.32 Å². The van der Waals surface area contributed by atoms with Crippen molar-refractivity contribution in [3.8, 4) is 0 Å². The third-order valence-corrected chi connectivity index (χ3v) is 4.21. The van der Waals surface area contributed by atoms with Crippen LogP contribution in [0.25, 0.3) is 0 Å². The summed E-state index contributed by atoms with van der Waals surface area (Å²) in [4.78, 5) is 22.9. The highest BCUT2D eigenvalue weighted by atomic mass is 32.2. The zero-order chi connectivity index (χ0) is 14.6. The molecule has 0 aromatic heterocycles. The molecule has 1 fully saturated rings. The summed E-state index contributed by atoms with van der Waals surface area (Å²) in [5, 5.41) is 16.5. The van der Waals surface area contributed by atoms with E-state index in [2.05, 4.69) is 5.32 Å². The number of rotatable bonds is 6. The van der Waals surface area contributed by atoms with E-state index >= 15 is 0 Å². The van der Waals surface area contributed by atoms with E-state index in [1.807, 2.05) is 6.92 Å². The van der Waals surface area contributed by atoms with E-state index in [0.717, 1.165) is 0 Å². The maximum Gasteiger partial charge on any atom is 0.307 e. The number of amides is 1. The first kappa shape index (κ1) is 15.9. The van der Waals surface area contributed by atoms with Gasteiger partial charge in [-0.2, -0.15) is 0 Å². The second-order valence-corrected chi connectivity index (χ2v) is 6.87. The van der Waals surface area contributed by atoms with Gasteiger partial charge in [-0.3, -0.25) is 9.59 Å². The molecule has 4 N–H and O–H groups in total. The Bertz CT molecular complexity index is 448. The lowest BCUT2D eigenvalue weighted by atomic mass is 9.95. The molecular formula is C11H20N2O5S. The predicted molar refractivity (Wildman–Crippen MR) is 68.6 cm³/mol. The molecule has 0 heterocycles. The van der Waals surface area contributed by atoms with Gasteiger partial charge in [0.25, 0.3) is 0 Å². The molecule has 0 bridgehead atoms. The summed E-state index contributed by atoms with van der Waals surface area (Å²) in [6.45, 7) is 2.11. The second-order valence-electron chi connectivity index (χ2n) is 5.14. The quantitative estimate of drug-likeness (QED) is 0.570. The van der Waals surface area contributed by atoms with Crippen molar-refractivity contribution in [1.29, 1.82) is 0 Å². The largest absolute Gasteiger partial charge is 0.481 e. The van der Waals surface area contributed by atoms with Gasteiger partial charge in [0.1, 0.15) is 0 Å². The fourth-order valence-electron chi connectivity index (χ4n) is 2.47. The van der Waals surface area contributed by atoms with Gasteiger partial charge in [-0.1, -0.05) is 6.92 Å². The van der Waals surface area contributed by atoms with Gasteiger partial charge in [-0.25, -0.2) is 13.6 Å². The molecule has 110 valence electrons. The molecule has 0 saturated heterocycles. The number of carboxylic acids is 1. The van der Waals surface area contributed by atoms with Crippen LogP contribution in [0.2, 0.25) is 0 Å². The molecule has 0 aliphatic heterocycles. The Morgan fingerprint density at radius 3 is 2.42 bits per heavy atom. The molecule has 0 radical (unpaired) electrons. The minimum absolute atomic E-state index is 0.187. The first-order chi connectivity index (χ1) is 8.70. The molecule has 1 rings (SSSR count). The Morgan fingerprint density at radius 1 is 1.32 bits per heavy atom. The highest BCUT2D eigenvalue weighted by Crippen LogP contribution is 2.36. The molecule has 8 heteroatoms. The molecule has 3 atom stereocenters. The van der Waals surface area contributed by atoms with Crippen LogP contribution in [0.3, 0.4) is 0 Å². The van der Waals surface area contributed by atoms with Crippen LogP contribution >= 0.6 is 0 Å². The van der Waals surface area contributed by atoms with Crippen LogP contribution in [0.15, 0.2) is 0 Å². The summed E-state index contributed by atoms with van der Waals surface area (Å²) in [5.74, 6) is -2.42. The third kappa shape index (κ3) is 5.15. The highest BCUT2D eigenvalue weighted by molar-refractivity contribution is 7.89.